The Morgan fingerprint density at radius 3 is 1.92 bits per heavy atom. The molecule has 1 atom stereocenters. The van der Waals surface area contributed by atoms with Crippen molar-refractivity contribution in [2.45, 2.75) is 18.9 Å². The fourth-order valence-corrected chi connectivity index (χ4v) is 1.15. The summed E-state index contributed by atoms with van der Waals surface area (Å²) in [7, 11) is -5.52. The maximum Gasteiger partial charge on any atom is 0.437 e. The summed E-state index contributed by atoms with van der Waals surface area (Å²) in [5, 5.41) is 0. The van der Waals surface area contributed by atoms with Crippen LogP contribution in [-0.4, -0.2) is 27.8 Å². The molecule has 0 saturated carbocycles. The monoisotopic (exact) mass is 222 g/mol. The predicted molar refractivity (Wildman–Crippen MR) is 33.7 cm³/mol. The van der Waals surface area contributed by atoms with E-state index in [0.717, 1.165) is 0 Å². The van der Waals surface area contributed by atoms with Gasteiger partial charge in [0.15, 0.2) is 0 Å². The fourth-order valence-electron chi connectivity index (χ4n) is 0.483. The number of alkyl halides is 3. The molecule has 0 aromatic heterocycles. The van der Waals surface area contributed by atoms with Crippen LogP contribution in [-0.2, 0) is 14.1 Å². The standard InChI is InChI=1S/C4H6F3O5P/c1-2(8)12-3(4(5,6)7)13(9,10)11/h3H,1H3,(H2,9,10,11)/t3-/m0/s1. The third-order valence-electron chi connectivity index (χ3n) is 0.863. The van der Waals surface area contributed by atoms with Crippen molar-refractivity contribution >= 4 is 13.6 Å². The van der Waals surface area contributed by atoms with Gasteiger partial charge in [0, 0.05) is 6.92 Å². The molecule has 2 N–H and O–H groups in total. The van der Waals surface area contributed by atoms with E-state index >= 15 is 0 Å². The van der Waals surface area contributed by atoms with Gasteiger partial charge in [0.2, 0.25) is 0 Å². The number of esters is 1. The third kappa shape index (κ3) is 4.25. The molecule has 0 aliphatic carbocycles. The first kappa shape index (κ1) is 12.4. The zero-order valence-electron chi connectivity index (χ0n) is 6.28. The summed E-state index contributed by atoms with van der Waals surface area (Å²) >= 11 is 0. The Hall–Kier alpha value is -0.590. The Morgan fingerprint density at radius 1 is 1.46 bits per heavy atom. The van der Waals surface area contributed by atoms with Crippen LogP contribution >= 0.6 is 7.60 Å². The summed E-state index contributed by atoms with van der Waals surface area (Å²) < 4.78 is 49.1. The van der Waals surface area contributed by atoms with Crippen molar-refractivity contribution in [1.29, 1.82) is 0 Å². The highest BCUT2D eigenvalue weighted by molar-refractivity contribution is 7.52. The van der Waals surface area contributed by atoms with Crippen LogP contribution in [0.1, 0.15) is 6.92 Å². The first-order valence-corrected chi connectivity index (χ1v) is 4.52. The molecule has 0 radical (unpaired) electrons. The SMILES string of the molecule is CC(=O)O[C@H](C(F)(F)F)P(=O)(O)O. The highest BCUT2D eigenvalue weighted by atomic mass is 31.2. The van der Waals surface area contributed by atoms with Crippen LogP contribution in [0.2, 0.25) is 0 Å². The van der Waals surface area contributed by atoms with Gasteiger partial charge in [0.25, 0.3) is 5.85 Å². The van der Waals surface area contributed by atoms with Crippen LogP contribution in [0.3, 0.4) is 0 Å². The van der Waals surface area contributed by atoms with E-state index in [2.05, 4.69) is 4.74 Å². The lowest BCUT2D eigenvalue weighted by molar-refractivity contribution is -0.201. The highest BCUT2D eigenvalue weighted by Crippen LogP contribution is 2.49. The summed E-state index contributed by atoms with van der Waals surface area (Å²) in [6, 6.07) is 0. The molecule has 0 aliphatic rings. The van der Waals surface area contributed by atoms with Crippen molar-refractivity contribution < 1.29 is 37.1 Å². The van der Waals surface area contributed by atoms with Crippen LogP contribution in [0.4, 0.5) is 13.2 Å². The average Bonchev–Trinajstić information content (AvgIpc) is 1.77. The van der Waals surface area contributed by atoms with Crippen molar-refractivity contribution in [3.05, 3.63) is 0 Å². The number of carbonyl (C=O) groups excluding carboxylic acids is 1. The molecule has 13 heavy (non-hydrogen) atoms. The van der Waals surface area contributed by atoms with Gasteiger partial charge < -0.3 is 14.5 Å². The fraction of sp³-hybridized carbons (Fsp3) is 0.750. The summed E-state index contributed by atoms with van der Waals surface area (Å²) in [4.78, 5) is 26.4. The van der Waals surface area contributed by atoms with E-state index in [4.69, 9.17) is 9.79 Å². The van der Waals surface area contributed by atoms with Crippen LogP contribution < -0.4 is 0 Å². The predicted octanol–water partition coefficient (Wildman–Crippen LogP) is 0.616. The van der Waals surface area contributed by atoms with Crippen LogP contribution in [0.15, 0.2) is 0 Å². The summed E-state index contributed by atoms with van der Waals surface area (Å²) in [5.41, 5.74) is 0. The number of halogens is 3. The van der Waals surface area contributed by atoms with Crippen LogP contribution in [0.25, 0.3) is 0 Å². The number of hydrogen-bond acceptors (Lipinski definition) is 3. The molecule has 0 fully saturated rings. The Balaban J connectivity index is 4.79. The van der Waals surface area contributed by atoms with Crippen molar-refractivity contribution in [3.63, 3.8) is 0 Å². The zero-order valence-corrected chi connectivity index (χ0v) is 7.17. The van der Waals surface area contributed by atoms with E-state index < -0.39 is 25.6 Å². The van der Waals surface area contributed by atoms with E-state index in [0.29, 0.717) is 6.92 Å². The van der Waals surface area contributed by atoms with Gasteiger partial charge in [-0.3, -0.25) is 9.36 Å². The normalized spacial score (nSPS) is 15.2. The van der Waals surface area contributed by atoms with Crippen molar-refractivity contribution in [2.24, 2.45) is 0 Å². The molecule has 9 heteroatoms. The number of rotatable bonds is 2. The molecular weight excluding hydrogens is 216 g/mol. The van der Waals surface area contributed by atoms with Gasteiger partial charge in [-0.15, -0.1) is 0 Å². The molecule has 0 bridgehead atoms. The molecular formula is C4H6F3O5P. The number of hydrogen-bond donors (Lipinski definition) is 2. The second kappa shape index (κ2) is 3.65. The Morgan fingerprint density at radius 2 is 1.85 bits per heavy atom. The second-order valence-corrected chi connectivity index (χ2v) is 3.74. The lowest BCUT2D eigenvalue weighted by Crippen LogP contribution is -2.33. The first-order chi connectivity index (χ1) is 5.55. The zero-order chi connectivity index (χ0) is 10.9. The molecule has 0 amide bonds. The van der Waals surface area contributed by atoms with Gasteiger partial charge in [0.05, 0.1) is 0 Å². The summed E-state index contributed by atoms with van der Waals surface area (Å²) in [6.07, 6.45) is -5.27. The second-order valence-electron chi connectivity index (χ2n) is 2.09. The summed E-state index contributed by atoms with van der Waals surface area (Å²) in [5.74, 6) is -4.79. The smallest absolute Gasteiger partial charge is 0.437 e. The minimum Gasteiger partial charge on any atom is -0.440 e. The third-order valence-corrected chi connectivity index (χ3v) is 1.87. The molecule has 5 nitrogen and oxygen atoms in total. The lowest BCUT2D eigenvalue weighted by atomic mass is 10.7. The van der Waals surface area contributed by atoms with Crippen molar-refractivity contribution in [3.8, 4) is 0 Å². The molecule has 0 aromatic rings. The Labute approximate surface area is 70.7 Å². The minimum atomic E-state index is -5.52. The molecule has 78 valence electrons. The van der Waals surface area contributed by atoms with Crippen molar-refractivity contribution in [1.82, 2.24) is 0 Å². The van der Waals surface area contributed by atoms with Gasteiger partial charge in [0.1, 0.15) is 0 Å². The summed E-state index contributed by atoms with van der Waals surface area (Å²) in [6.45, 7) is 0.619. The molecule has 0 aliphatic heterocycles. The Bertz CT molecular complexity index is 243. The lowest BCUT2D eigenvalue weighted by Gasteiger charge is -2.20. The molecule has 0 unspecified atom stereocenters. The Kier molecular flexibility index (Phi) is 3.48. The van der Waals surface area contributed by atoms with Crippen molar-refractivity contribution in [2.75, 3.05) is 0 Å². The largest absolute Gasteiger partial charge is 0.440 e. The van der Waals surface area contributed by atoms with Crippen LogP contribution in [0.5, 0.6) is 0 Å². The topological polar surface area (TPSA) is 83.8 Å². The van der Waals surface area contributed by atoms with Gasteiger partial charge >= 0.3 is 19.7 Å². The molecule has 0 rings (SSSR count). The van der Waals surface area contributed by atoms with Gasteiger partial charge in [-0.2, -0.15) is 13.2 Å². The van der Waals surface area contributed by atoms with E-state index in [9.17, 15) is 22.5 Å². The molecule has 0 saturated heterocycles. The van der Waals surface area contributed by atoms with Gasteiger partial charge in [-0.25, -0.2) is 0 Å². The highest BCUT2D eigenvalue weighted by Gasteiger charge is 2.53. The maximum absolute atomic E-state index is 11.8. The molecule has 0 aromatic carbocycles. The molecule has 0 heterocycles. The average molecular weight is 222 g/mol. The number of ether oxygens (including phenoxy) is 1. The van der Waals surface area contributed by atoms with Gasteiger partial charge in [-0.1, -0.05) is 0 Å². The van der Waals surface area contributed by atoms with E-state index in [1.54, 1.807) is 0 Å². The van der Waals surface area contributed by atoms with E-state index in [1.807, 2.05) is 0 Å². The van der Waals surface area contributed by atoms with Gasteiger partial charge in [-0.05, 0) is 0 Å². The maximum atomic E-state index is 11.8. The van der Waals surface area contributed by atoms with E-state index in [1.165, 1.54) is 0 Å². The van der Waals surface area contributed by atoms with Crippen LogP contribution in [0, 0.1) is 0 Å². The first-order valence-electron chi connectivity index (χ1n) is 2.84. The quantitative estimate of drug-likeness (QED) is 0.528. The number of carbonyl (C=O) groups is 1. The minimum absolute atomic E-state index is 0.619. The van der Waals surface area contributed by atoms with E-state index in [-0.39, 0.29) is 0 Å². The molecule has 0 spiro atoms.